The molecule has 5 nitrogen and oxygen atoms in total. The average molecular weight is 343 g/mol. The van der Waals surface area contributed by atoms with E-state index in [4.69, 9.17) is 9.15 Å². The first kappa shape index (κ1) is 17.0. The third kappa shape index (κ3) is 3.97. The van der Waals surface area contributed by atoms with Crippen LogP contribution in [-0.2, 0) is 11.2 Å². The minimum Gasteiger partial charge on any atom is -0.497 e. The number of furan rings is 1. The van der Waals surface area contributed by atoms with Gasteiger partial charge in [-0.2, -0.15) is 0 Å². The van der Waals surface area contributed by atoms with E-state index in [0.717, 1.165) is 10.9 Å². The molecule has 1 amide bonds. The summed E-state index contributed by atoms with van der Waals surface area (Å²) in [5, 5.41) is 13.6. The van der Waals surface area contributed by atoms with Crippen molar-refractivity contribution in [3.8, 4) is 5.75 Å². The van der Waals surface area contributed by atoms with Crippen molar-refractivity contribution in [1.82, 2.24) is 5.32 Å². The van der Waals surface area contributed by atoms with Crippen LogP contribution in [0.1, 0.15) is 17.2 Å². The molecule has 0 saturated carbocycles. The number of halogens is 1. The standard InChI is InChI=1S/C19H18FNO4/c1-24-15-6-7-16-13(11-25-18(16)9-15)8-19(23)21-10-17(22)12-2-4-14(20)5-3-12/h2-7,9,11,17,22H,8,10H2,1H3,(H,21,23). The topological polar surface area (TPSA) is 71.7 Å². The van der Waals surface area contributed by atoms with Crippen LogP contribution in [0.15, 0.2) is 53.1 Å². The third-order valence-corrected chi connectivity index (χ3v) is 3.96. The highest BCUT2D eigenvalue weighted by molar-refractivity contribution is 5.88. The van der Waals surface area contributed by atoms with Gasteiger partial charge < -0.3 is 19.6 Å². The molecule has 6 heteroatoms. The van der Waals surface area contributed by atoms with Gasteiger partial charge in [0.05, 0.1) is 25.9 Å². The second kappa shape index (κ2) is 7.36. The summed E-state index contributed by atoms with van der Waals surface area (Å²) in [6.45, 7) is 0.0497. The highest BCUT2D eigenvalue weighted by Gasteiger charge is 2.13. The van der Waals surface area contributed by atoms with Gasteiger partial charge in [-0.1, -0.05) is 12.1 Å². The molecule has 0 aliphatic heterocycles. The predicted molar refractivity (Wildman–Crippen MR) is 90.8 cm³/mol. The summed E-state index contributed by atoms with van der Waals surface area (Å²) in [6.07, 6.45) is 0.783. The molecule has 1 aromatic heterocycles. The van der Waals surface area contributed by atoms with Crippen LogP contribution in [0.25, 0.3) is 11.0 Å². The van der Waals surface area contributed by atoms with Gasteiger partial charge >= 0.3 is 0 Å². The number of fused-ring (bicyclic) bond motifs is 1. The Morgan fingerprint density at radius 1 is 1.28 bits per heavy atom. The molecule has 0 radical (unpaired) electrons. The molecule has 0 saturated heterocycles. The number of aliphatic hydroxyl groups excluding tert-OH is 1. The van der Waals surface area contributed by atoms with E-state index >= 15 is 0 Å². The number of amides is 1. The van der Waals surface area contributed by atoms with Crippen molar-refractivity contribution in [1.29, 1.82) is 0 Å². The maximum absolute atomic E-state index is 12.9. The molecule has 130 valence electrons. The van der Waals surface area contributed by atoms with Crippen LogP contribution in [0, 0.1) is 5.82 Å². The molecule has 0 aliphatic carbocycles. The van der Waals surface area contributed by atoms with Crippen molar-refractivity contribution in [3.05, 3.63) is 65.7 Å². The van der Waals surface area contributed by atoms with E-state index in [9.17, 15) is 14.3 Å². The second-order valence-corrected chi connectivity index (χ2v) is 5.67. The van der Waals surface area contributed by atoms with Gasteiger partial charge in [-0.15, -0.1) is 0 Å². The zero-order valence-electron chi connectivity index (χ0n) is 13.7. The van der Waals surface area contributed by atoms with E-state index in [1.807, 2.05) is 6.07 Å². The molecule has 0 bridgehead atoms. The number of nitrogens with one attached hydrogen (secondary N) is 1. The normalized spacial score (nSPS) is 12.1. The minimum atomic E-state index is -0.894. The number of benzene rings is 2. The summed E-state index contributed by atoms with van der Waals surface area (Å²) in [6, 6.07) is 10.9. The SMILES string of the molecule is COc1ccc2c(CC(=O)NCC(O)c3ccc(F)cc3)coc2c1. The fourth-order valence-corrected chi connectivity index (χ4v) is 2.58. The molecule has 1 heterocycles. The molecular formula is C19H18FNO4. The molecule has 0 fully saturated rings. The molecule has 2 N–H and O–H groups in total. The van der Waals surface area contributed by atoms with E-state index < -0.39 is 6.10 Å². The number of aliphatic hydroxyl groups is 1. The Kier molecular flexibility index (Phi) is 5.00. The number of hydrogen-bond donors (Lipinski definition) is 2. The molecule has 0 spiro atoms. The Balaban J connectivity index is 1.60. The van der Waals surface area contributed by atoms with Gasteiger partial charge in [-0.05, 0) is 29.8 Å². The van der Waals surface area contributed by atoms with Crippen LogP contribution in [-0.4, -0.2) is 24.7 Å². The Morgan fingerprint density at radius 2 is 2.04 bits per heavy atom. The first-order valence-electron chi connectivity index (χ1n) is 7.81. The molecule has 1 atom stereocenters. The number of ether oxygens (including phenoxy) is 1. The number of carbonyl (C=O) groups is 1. The monoisotopic (exact) mass is 343 g/mol. The van der Waals surface area contributed by atoms with Crippen LogP contribution < -0.4 is 10.1 Å². The first-order valence-corrected chi connectivity index (χ1v) is 7.81. The zero-order valence-corrected chi connectivity index (χ0v) is 13.7. The van der Waals surface area contributed by atoms with Crippen molar-refractivity contribution >= 4 is 16.9 Å². The average Bonchev–Trinajstić information content (AvgIpc) is 3.02. The lowest BCUT2D eigenvalue weighted by Gasteiger charge is -2.12. The third-order valence-electron chi connectivity index (χ3n) is 3.96. The predicted octanol–water partition coefficient (Wildman–Crippen LogP) is 2.97. The molecule has 2 aromatic carbocycles. The fourth-order valence-electron chi connectivity index (χ4n) is 2.58. The summed E-state index contributed by atoms with van der Waals surface area (Å²) in [5.41, 5.74) is 1.95. The van der Waals surface area contributed by atoms with Crippen molar-refractivity contribution < 1.29 is 23.4 Å². The Bertz CT molecular complexity index is 873. The van der Waals surface area contributed by atoms with E-state index in [-0.39, 0.29) is 24.7 Å². The lowest BCUT2D eigenvalue weighted by atomic mass is 10.1. The van der Waals surface area contributed by atoms with Gasteiger partial charge in [0.15, 0.2) is 0 Å². The minimum absolute atomic E-state index is 0.0497. The van der Waals surface area contributed by atoms with Crippen molar-refractivity contribution in [2.75, 3.05) is 13.7 Å². The Hall–Kier alpha value is -2.86. The molecular weight excluding hydrogens is 325 g/mol. The smallest absolute Gasteiger partial charge is 0.224 e. The lowest BCUT2D eigenvalue weighted by Crippen LogP contribution is -2.29. The highest BCUT2D eigenvalue weighted by Crippen LogP contribution is 2.25. The number of hydrogen-bond acceptors (Lipinski definition) is 4. The number of rotatable bonds is 6. The summed E-state index contributed by atoms with van der Waals surface area (Å²) in [5.74, 6) is 0.0726. The largest absolute Gasteiger partial charge is 0.497 e. The van der Waals surface area contributed by atoms with E-state index in [2.05, 4.69) is 5.32 Å². The van der Waals surface area contributed by atoms with Crippen molar-refractivity contribution in [2.45, 2.75) is 12.5 Å². The Labute approximate surface area is 144 Å². The summed E-state index contributed by atoms with van der Waals surface area (Å²) < 4.78 is 23.5. The van der Waals surface area contributed by atoms with Crippen molar-refractivity contribution in [2.24, 2.45) is 0 Å². The number of carbonyl (C=O) groups excluding carboxylic acids is 1. The van der Waals surface area contributed by atoms with Crippen LogP contribution in [0.5, 0.6) is 5.75 Å². The van der Waals surface area contributed by atoms with Gasteiger partial charge in [-0.25, -0.2) is 4.39 Å². The van der Waals surface area contributed by atoms with Crippen LogP contribution in [0.3, 0.4) is 0 Å². The van der Waals surface area contributed by atoms with Crippen molar-refractivity contribution in [3.63, 3.8) is 0 Å². The van der Waals surface area contributed by atoms with E-state index in [0.29, 0.717) is 16.9 Å². The number of methoxy groups -OCH3 is 1. The van der Waals surface area contributed by atoms with Gasteiger partial charge in [0.25, 0.3) is 0 Å². The van der Waals surface area contributed by atoms with Gasteiger partial charge in [0.1, 0.15) is 17.1 Å². The Morgan fingerprint density at radius 3 is 2.76 bits per heavy atom. The van der Waals surface area contributed by atoms with Crippen LogP contribution in [0.4, 0.5) is 4.39 Å². The second-order valence-electron chi connectivity index (χ2n) is 5.67. The highest BCUT2D eigenvalue weighted by atomic mass is 19.1. The lowest BCUT2D eigenvalue weighted by molar-refractivity contribution is -0.120. The van der Waals surface area contributed by atoms with Gasteiger partial charge in [0.2, 0.25) is 5.91 Å². The molecule has 25 heavy (non-hydrogen) atoms. The molecule has 0 aliphatic rings. The quantitative estimate of drug-likeness (QED) is 0.722. The first-order chi connectivity index (χ1) is 12.1. The summed E-state index contributed by atoms with van der Waals surface area (Å²) in [4.78, 5) is 12.1. The molecule has 3 aromatic rings. The fraction of sp³-hybridized carbons (Fsp3) is 0.211. The molecule has 3 rings (SSSR count). The summed E-state index contributed by atoms with van der Waals surface area (Å²) >= 11 is 0. The van der Waals surface area contributed by atoms with Crippen LogP contribution in [0.2, 0.25) is 0 Å². The zero-order chi connectivity index (χ0) is 17.8. The van der Waals surface area contributed by atoms with E-state index in [1.165, 1.54) is 24.3 Å². The van der Waals surface area contributed by atoms with Gasteiger partial charge in [-0.3, -0.25) is 4.79 Å². The van der Waals surface area contributed by atoms with Crippen LogP contribution >= 0.6 is 0 Å². The maximum Gasteiger partial charge on any atom is 0.224 e. The maximum atomic E-state index is 12.9. The summed E-state index contributed by atoms with van der Waals surface area (Å²) in [7, 11) is 1.57. The molecule has 1 unspecified atom stereocenters. The van der Waals surface area contributed by atoms with Gasteiger partial charge in [0, 0.05) is 23.6 Å². The van der Waals surface area contributed by atoms with E-state index in [1.54, 1.807) is 25.5 Å².